The van der Waals surface area contributed by atoms with Crippen LogP contribution in [0.3, 0.4) is 0 Å². The fraction of sp³-hybridized carbons (Fsp3) is 1.00. The molecular formula is C21H43N. The number of hydrogen-bond acceptors (Lipinski definition) is 1. The minimum absolute atomic E-state index is 0.900. The SMILES string of the molecule is CCCC(C)CCC(CC(C)CC)C(CC)C1CCCNC1. The Bertz CT molecular complexity index is 257. The van der Waals surface area contributed by atoms with Crippen molar-refractivity contribution in [1.82, 2.24) is 5.32 Å². The third-order valence-corrected chi connectivity index (χ3v) is 6.23. The molecule has 1 fully saturated rings. The van der Waals surface area contributed by atoms with Crippen LogP contribution in [0.1, 0.15) is 92.4 Å². The van der Waals surface area contributed by atoms with Crippen molar-refractivity contribution in [2.24, 2.45) is 29.6 Å². The smallest absolute Gasteiger partial charge is 0.00178 e. The predicted molar refractivity (Wildman–Crippen MR) is 100 cm³/mol. The molecule has 1 N–H and O–H groups in total. The van der Waals surface area contributed by atoms with Crippen molar-refractivity contribution in [1.29, 1.82) is 0 Å². The summed E-state index contributed by atoms with van der Waals surface area (Å²) in [5.41, 5.74) is 0. The molecule has 0 saturated carbocycles. The zero-order valence-corrected chi connectivity index (χ0v) is 16.2. The molecule has 132 valence electrons. The van der Waals surface area contributed by atoms with Crippen molar-refractivity contribution in [3.05, 3.63) is 0 Å². The molecule has 5 unspecified atom stereocenters. The number of hydrogen-bond donors (Lipinski definition) is 1. The number of nitrogens with one attached hydrogen (secondary N) is 1. The lowest BCUT2D eigenvalue weighted by Crippen LogP contribution is -2.37. The van der Waals surface area contributed by atoms with Crippen LogP contribution in [0.5, 0.6) is 0 Å². The molecule has 5 atom stereocenters. The van der Waals surface area contributed by atoms with Gasteiger partial charge >= 0.3 is 0 Å². The summed E-state index contributed by atoms with van der Waals surface area (Å²) >= 11 is 0. The quantitative estimate of drug-likeness (QED) is 0.473. The first-order valence-corrected chi connectivity index (χ1v) is 10.3. The van der Waals surface area contributed by atoms with Gasteiger partial charge in [0.1, 0.15) is 0 Å². The molecule has 0 aromatic rings. The summed E-state index contributed by atoms with van der Waals surface area (Å²) in [5, 5.41) is 3.66. The molecule has 1 aliphatic rings. The van der Waals surface area contributed by atoms with E-state index in [1.165, 1.54) is 70.9 Å². The summed E-state index contributed by atoms with van der Waals surface area (Å²) in [6.07, 6.45) is 12.7. The largest absolute Gasteiger partial charge is 0.316 e. The van der Waals surface area contributed by atoms with Crippen molar-refractivity contribution in [3.63, 3.8) is 0 Å². The Morgan fingerprint density at radius 2 is 1.73 bits per heavy atom. The predicted octanol–water partition coefficient (Wildman–Crippen LogP) is 6.28. The van der Waals surface area contributed by atoms with Crippen LogP contribution in [0.4, 0.5) is 0 Å². The van der Waals surface area contributed by atoms with E-state index in [2.05, 4.69) is 39.9 Å². The molecule has 0 spiro atoms. The number of piperidine rings is 1. The molecule has 1 saturated heterocycles. The van der Waals surface area contributed by atoms with Gasteiger partial charge in [-0.25, -0.2) is 0 Å². The first-order valence-electron chi connectivity index (χ1n) is 10.3. The molecule has 0 aromatic carbocycles. The highest BCUT2D eigenvalue weighted by Crippen LogP contribution is 2.37. The molecule has 0 aliphatic carbocycles. The van der Waals surface area contributed by atoms with Crippen LogP contribution >= 0.6 is 0 Å². The summed E-state index contributed by atoms with van der Waals surface area (Å²) in [7, 11) is 0. The van der Waals surface area contributed by atoms with Crippen molar-refractivity contribution in [3.8, 4) is 0 Å². The fourth-order valence-electron chi connectivity index (χ4n) is 4.62. The van der Waals surface area contributed by atoms with E-state index < -0.39 is 0 Å². The van der Waals surface area contributed by atoms with Crippen LogP contribution in [-0.2, 0) is 0 Å². The van der Waals surface area contributed by atoms with Crippen LogP contribution in [-0.4, -0.2) is 13.1 Å². The highest BCUT2D eigenvalue weighted by Gasteiger charge is 2.30. The van der Waals surface area contributed by atoms with Crippen LogP contribution in [0.2, 0.25) is 0 Å². The number of rotatable bonds is 11. The van der Waals surface area contributed by atoms with Crippen molar-refractivity contribution < 1.29 is 0 Å². The summed E-state index contributed by atoms with van der Waals surface area (Å²) in [5.74, 6) is 4.68. The Labute approximate surface area is 141 Å². The van der Waals surface area contributed by atoms with E-state index in [9.17, 15) is 0 Å². The van der Waals surface area contributed by atoms with E-state index in [0.29, 0.717) is 0 Å². The Balaban J connectivity index is 2.63. The minimum atomic E-state index is 0.900. The third kappa shape index (κ3) is 7.02. The Morgan fingerprint density at radius 3 is 2.27 bits per heavy atom. The second kappa shape index (κ2) is 11.5. The second-order valence-corrected chi connectivity index (χ2v) is 8.16. The summed E-state index contributed by atoms with van der Waals surface area (Å²) in [6, 6.07) is 0. The zero-order valence-electron chi connectivity index (χ0n) is 16.2. The molecule has 1 heteroatoms. The monoisotopic (exact) mass is 309 g/mol. The Hall–Kier alpha value is -0.0400. The van der Waals surface area contributed by atoms with E-state index >= 15 is 0 Å². The van der Waals surface area contributed by atoms with Gasteiger partial charge in [0.2, 0.25) is 0 Å². The van der Waals surface area contributed by atoms with Gasteiger partial charge < -0.3 is 5.32 Å². The molecule has 0 aromatic heterocycles. The van der Waals surface area contributed by atoms with Gasteiger partial charge in [-0.2, -0.15) is 0 Å². The van der Waals surface area contributed by atoms with Crippen molar-refractivity contribution >= 4 is 0 Å². The van der Waals surface area contributed by atoms with E-state index in [0.717, 1.165) is 29.6 Å². The topological polar surface area (TPSA) is 12.0 Å². The van der Waals surface area contributed by atoms with Crippen LogP contribution < -0.4 is 5.32 Å². The molecule has 0 bridgehead atoms. The van der Waals surface area contributed by atoms with E-state index in [1.54, 1.807) is 0 Å². The normalized spacial score (nSPS) is 24.7. The van der Waals surface area contributed by atoms with Crippen molar-refractivity contribution in [2.45, 2.75) is 92.4 Å². The first-order chi connectivity index (χ1) is 10.6. The van der Waals surface area contributed by atoms with Gasteiger partial charge in [0.15, 0.2) is 0 Å². The molecule has 1 nitrogen and oxygen atoms in total. The van der Waals surface area contributed by atoms with Crippen LogP contribution in [0, 0.1) is 29.6 Å². The zero-order chi connectivity index (χ0) is 16.4. The van der Waals surface area contributed by atoms with Crippen molar-refractivity contribution in [2.75, 3.05) is 13.1 Å². The molecule has 1 aliphatic heterocycles. The standard InChI is InChI=1S/C21H43N/c1-6-10-18(5)12-13-19(15-17(4)7-2)21(8-3)20-11-9-14-22-16-20/h17-22H,6-16H2,1-5H3. The highest BCUT2D eigenvalue weighted by atomic mass is 14.9. The summed E-state index contributed by atoms with van der Waals surface area (Å²) in [4.78, 5) is 0. The fourth-order valence-corrected chi connectivity index (χ4v) is 4.62. The maximum atomic E-state index is 3.66. The van der Waals surface area contributed by atoms with Crippen LogP contribution in [0.25, 0.3) is 0 Å². The lowest BCUT2D eigenvalue weighted by atomic mass is 9.71. The molecule has 0 radical (unpaired) electrons. The average Bonchev–Trinajstić information content (AvgIpc) is 2.54. The van der Waals surface area contributed by atoms with E-state index in [4.69, 9.17) is 0 Å². The molecule has 1 rings (SSSR count). The molecule has 22 heavy (non-hydrogen) atoms. The summed E-state index contributed by atoms with van der Waals surface area (Å²) in [6.45, 7) is 14.6. The molecule has 0 amide bonds. The Kier molecular flexibility index (Phi) is 10.4. The maximum Gasteiger partial charge on any atom is -0.00178 e. The summed E-state index contributed by atoms with van der Waals surface area (Å²) < 4.78 is 0. The molecular weight excluding hydrogens is 266 g/mol. The average molecular weight is 310 g/mol. The van der Waals surface area contributed by atoms with Gasteiger partial charge in [-0.1, -0.05) is 66.7 Å². The minimum Gasteiger partial charge on any atom is -0.316 e. The lowest BCUT2D eigenvalue weighted by Gasteiger charge is -2.37. The molecule has 1 heterocycles. The van der Waals surface area contributed by atoms with E-state index in [-0.39, 0.29) is 0 Å². The third-order valence-electron chi connectivity index (χ3n) is 6.23. The second-order valence-electron chi connectivity index (χ2n) is 8.16. The maximum absolute atomic E-state index is 3.66. The van der Waals surface area contributed by atoms with Gasteiger partial charge in [0.25, 0.3) is 0 Å². The first kappa shape index (κ1) is 20.0. The Morgan fingerprint density at radius 1 is 0.955 bits per heavy atom. The highest BCUT2D eigenvalue weighted by molar-refractivity contribution is 4.82. The van der Waals surface area contributed by atoms with Gasteiger partial charge in [0, 0.05) is 0 Å². The van der Waals surface area contributed by atoms with Gasteiger partial charge in [-0.15, -0.1) is 0 Å². The lowest BCUT2D eigenvalue weighted by molar-refractivity contribution is 0.145. The van der Waals surface area contributed by atoms with Gasteiger partial charge in [-0.3, -0.25) is 0 Å². The van der Waals surface area contributed by atoms with Gasteiger partial charge in [0.05, 0.1) is 0 Å². The van der Waals surface area contributed by atoms with E-state index in [1.807, 2.05) is 0 Å². The van der Waals surface area contributed by atoms with Gasteiger partial charge in [-0.05, 0) is 68.4 Å². The van der Waals surface area contributed by atoms with Crippen LogP contribution in [0.15, 0.2) is 0 Å².